The second-order valence-electron chi connectivity index (χ2n) is 5.31. The number of hydrogen-bond donors (Lipinski definition) is 2. The van der Waals surface area contributed by atoms with Gasteiger partial charge in [0.25, 0.3) is 0 Å². The highest BCUT2D eigenvalue weighted by molar-refractivity contribution is 5.85. The lowest BCUT2D eigenvalue weighted by Gasteiger charge is -2.20. The fourth-order valence-electron chi connectivity index (χ4n) is 1.43. The van der Waals surface area contributed by atoms with Crippen LogP contribution in [0.2, 0.25) is 0 Å². The molecule has 0 fully saturated rings. The van der Waals surface area contributed by atoms with Gasteiger partial charge in [-0.2, -0.15) is 13.2 Å². The van der Waals surface area contributed by atoms with Crippen LogP contribution in [-0.2, 0) is 4.74 Å². The van der Waals surface area contributed by atoms with Gasteiger partial charge in [0.15, 0.2) is 6.10 Å². The molecule has 0 heterocycles. The highest BCUT2D eigenvalue weighted by Crippen LogP contribution is 2.34. The quantitative estimate of drug-likeness (QED) is 0.818. The molecule has 0 radical (unpaired) electrons. The van der Waals surface area contributed by atoms with Crippen LogP contribution in [0.4, 0.5) is 28.0 Å². The van der Waals surface area contributed by atoms with Crippen molar-refractivity contribution in [1.29, 1.82) is 0 Å². The Morgan fingerprint density at radius 2 is 1.86 bits per heavy atom. The van der Waals surface area contributed by atoms with Crippen LogP contribution in [0.15, 0.2) is 18.2 Å². The van der Waals surface area contributed by atoms with Crippen LogP contribution in [0.25, 0.3) is 0 Å². The Morgan fingerprint density at radius 3 is 2.33 bits per heavy atom. The van der Waals surface area contributed by atoms with E-state index in [9.17, 15) is 22.4 Å². The van der Waals surface area contributed by atoms with E-state index in [-0.39, 0.29) is 5.69 Å². The Balaban J connectivity index is 2.95. The lowest BCUT2D eigenvalue weighted by atomic mass is 10.1. The first-order valence-electron chi connectivity index (χ1n) is 5.94. The number of aliphatic hydroxyl groups excluding tert-OH is 1. The smallest absolute Gasteiger partial charge is 0.418 e. The number of benzene rings is 1. The number of aliphatic hydroxyl groups is 1. The van der Waals surface area contributed by atoms with Crippen LogP contribution in [-0.4, -0.2) is 23.0 Å². The zero-order chi connectivity index (χ0) is 16.4. The highest BCUT2D eigenvalue weighted by atomic mass is 19.4. The van der Waals surface area contributed by atoms with Gasteiger partial charge in [-0.3, -0.25) is 5.32 Å². The van der Waals surface area contributed by atoms with Gasteiger partial charge in [-0.15, -0.1) is 0 Å². The number of carbonyl (C=O) groups excluding carboxylic acids is 1. The first kappa shape index (κ1) is 17.2. The van der Waals surface area contributed by atoms with Gasteiger partial charge in [-0.05, 0) is 39.0 Å². The third-order valence-electron chi connectivity index (χ3n) is 2.25. The van der Waals surface area contributed by atoms with E-state index in [1.54, 1.807) is 20.8 Å². The topological polar surface area (TPSA) is 58.6 Å². The minimum Gasteiger partial charge on any atom is -0.444 e. The maximum absolute atomic E-state index is 13.4. The van der Waals surface area contributed by atoms with Gasteiger partial charge in [-0.1, -0.05) is 0 Å². The maximum Gasteiger partial charge on any atom is 0.418 e. The van der Waals surface area contributed by atoms with E-state index >= 15 is 0 Å². The van der Waals surface area contributed by atoms with Crippen LogP contribution in [0.5, 0.6) is 0 Å². The molecule has 0 saturated carbocycles. The first-order valence-corrected chi connectivity index (χ1v) is 5.94. The van der Waals surface area contributed by atoms with Crippen molar-refractivity contribution in [3.63, 3.8) is 0 Å². The molecule has 118 valence electrons. The van der Waals surface area contributed by atoms with Crippen LogP contribution in [0, 0.1) is 5.82 Å². The van der Waals surface area contributed by atoms with Crippen molar-refractivity contribution in [2.45, 2.75) is 38.7 Å². The second-order valence-corrected chi connectivity index (χ2v) is 5.31. The standard InChI is InChI=1S/C13H15F4NO3/c1-12(2,3)21-11(20)18-7-4-5-9(14)8(6-7)10(19)13(15,16)17/h4-6,10,19H,1-3H3,(H,18,20)/t10-/m0/s1. The summed E-state index contributed by atoms with van der Waals surface area (Å²) in [6, 6.07) is 2.49. The summed E-state index contributed by atoms with van der Waals surface area (Å²) in [5, 5.41) is 11.2. The van der Waals surface area contributed by atoms with E-state index in [1.807, 2.05) is 0 Å². The maximum atomic E-state index is 13.4. The molecule has 1 rings (SSSR count). The molecule has 4 nitrogen and oxygen atoms in total. The summed E-state index contributed by atoms with van der Waals surface area (Å²) in [5.74, 6) is -1.23. The predicted octanol–water partition coefficient (Wildman–Crippen LogP) is 3.77. The molecule has 0 spiro atoms. The fraction of sp³-hybridized carbons (Fsp3) is 0.462. The Morgan fingerprint density at radius 1 is 1.29 bits per heavy atom. The molecule has 1 aromatic carbocycles. The number of halogens is 4. The summed E-state index contributed by atoms with van der Waals surface area (Å²) in [6.45, 7) is 4.82. The van der Waals surface area contributed by atoms with Gasteiger partial charge in [0.1, 0.15) is 11.4 Å². The highest BCUT2D eigenvalue weighted by Gasteiger charge is 2.41. The first-order chi connectivity index (χ1) is 9.40. The summed E-state index contributed by atoms with van der Waals surface area (Å²) in [7, 11) is 0. The molecule has 0 aliphatic carbocycles. The summed E-state index contributed by atoms with van der Waals surface area (Å²) < 4.78 is 55.5. The average Bonchev–Trinajstić information content (AvgIpc) is 2.27. The van der Waals surface area contributed by atoms with E-state index in [0.717, 1.165) is 12.1 Å². The van der Waals surface area contributed by atoms with Gasteiger partial charge < -0.3 is 9.84 Å². The lowest BCUT2D eigenvalue weighted by molar-refractivity contribution is -0.207. The van der Waals surface area contributed by atoms with E-state index < -0.39 is 35.4 Å². The van der Waals surface area contributed by atoms with Gasteiger partial charge >= 0.3 is 12.3 Å². The summed E-state index contributed by atoms with van der Waals surface area (Å²) in [6.07, 6.45) is -8.88. The molecule has 21 heavy (non-hydrogen) atoms. The van der Waals surface area contributed by atoms with Gasteiger partial charge in [0, 0.05) is 11.3 Å². The minimum absolute atomic E-state index is 0.121. The van der Waals surface area contributed by atoms with Crippen molar-refractivity contribution in [3.8, 4) is 0 Å². The molecule has 2 N–H and O–H groups in total. The number of rotatable bonds is 2. The van der Waals surface area contributed by atoms with Gasteiger partial charge in [0.05, 0.1) is 0 Å². The van der Waals surface area contributed by atoms with Gasteiger partial charge in [-0.25, -0.2) is 9.18 Å². The second kappa shape index (κ2) is 5.88. The molecule has 1 aromatic rings. The van der Waals surface area contributed by atoms with Crippen LogP contribution in [0.1, 0.15) is 32.4 Å². The van der Waals surface area contributed by atoms with Crippen molar-refractivity contribution in [2.75, 3.05) is 5.32 Å². The summed E-state index contributed by atoms with van der Waals surface area (Å²) in [5.41, 5.74) is -1.89. The number of amides is 1. The number of anilines is 1. The molecule has 0 aliphatic heterocycles. The predicted molar refractivity (Wildman–Crippen MR) is 67.3 cm³/mol. The Kier molecular flexibility index (Phi) is 4.83. The molecule has 0 unspecified atom stereocenters. The molecule has 0 bridgehead atoms. The number of hydrogen-bond acceptors (Lipinski definition) is 3. The molecular weight excluding hydrogens is 294 g/mol. The van der Waals surface area contributed by atoms with Crippen molar-refractivity contribution < 1.29 is 32.2 Å². The van der Waals surface area contributed by atoms with E-state index in [4.69, 9.17) is 9.84 Å². The van der Waals surface area contributed by atoms with Crippen molar-refractivity contribution >= 4 is 11.8 Å². The Bertz CT molecular complexity index is 523. The lowest BCUT2D eigenvalue weighted by Crippen LogP contribution is -2.27. The normalized spacial score (nSPS) is 13.7. The zero-order valence-electron chi connectivity index (χ0n) is 11.6. The molecule has 8 heteroatoms. The Labute approximate surface area is 118 Å². The van der Waals surface area contributed by atoms with Gasteiger partial charge in [0.2, 0.25) is 0 Å². The van der Waals surface area contributed by atoms with E-state index in [1.165, 1.54) is 0 Å². The summed E-state index contributed by atoms with van der Waals surface area (Å²) in [4.78, 5) is 11.5. The largest absolute Gasteiger partial charge is 0.444 e. The van der Waals surface area contributed by atoms with Crippen molar-refractivity contribution in [1.82, 2.24) is 0 Å². The number of ether oxygens (including phenoxy) is 1. The molecule has 0 aliphatic rings. The summed E-state index contributed by atoms with van der Waals surface area (Å²) >= 11 is 0. The molecule has 1 amide bonds. The minimum atomic E-state index is -5.01. The number of alkyl halides is 3. The van der Waals surface area contributed by atoms with Crippen molar-refractivity contribution in [3.05, 3.63) is 29.6 Å². The fourth-order valence-corrected chi connectivity index (χ4v) is 1.43. The number of nitrogens with one attached hydrogen (secondary N) is 1. The molecule has 0 saturated heterocycles. The molecule has 1 atom stereocenters. The third kappa shape index (κ3) is 5.22. The van der Waals surface area contributed by atoms with Crippen LogP contribution in [0.3, 0.4) is 0 Å². The van der Waals surface area contributed by atoms with Crippen molar-refractivity contribution in [2.24, 2.45) is 0 Å². The molecular formula is C13H15F4NO3. The Hall–Kier alpha value is -1.83. The third-order valence-corrected chi connectivity index (χ3v) is 2.25. The van der Waals surface area contributed by atoms with E-state index in [0.29, 0.717) is 6.07 Å². The average molecular weight is 309 g/mol. The number of carbonyl (C=O) groups is 1. The van der Waals surface area contributed by atoms with Crippen LogP contribution < -0.4 is 5.32 Å². The van der Waals surface area contributed by atoms with Crippen LogP contribution >= 0.6 is 0 Å². The zero-order valence-corrected chi connectivity index (χ0v) is 11.6. The van der Waals surface area contributed by atoms with E-state index in [2.05, 4.69) is 5.32 Å². The molecule has 0 aromatic heterocycles. The monoisotopic (exact) mass is 309 g/mol. The SMILES string of the molecule is CC(C)(C)OC(=O)Nc1ccc(F)c([C@H](O)C(F)(F)F)c1.